The highest BCUT2D eigenvalue weighted by molar-refractivity contribution is 6.08. The summed E-state index contributed by atoms with van der Waals surface area (Å²) in [4.78, 5) is 19.8. The number of nitrogens with zero attached hydrogens (tertiary/aromatic N) is 4. The summed E-state index contributed by atoms with van der Waals surface area (Å²) in [5, 5.41) is 15.1. The highest BCUT2D eigenvalue weighted by atomic mass is 16.5. The number of hydrogen-bond donors (Lipinski definition) is 3. The minimum absolute atomic E-state index is 0.0201. The number of nitrogens with two attached hydrogens (primary N) is 1. The third kappa shape index (κ3) is 5.52. The summed E-state index contributed by atoms with van der Waals surface area (Å²) in [6.07, 6.45) is 2.51. The van der Waals surface area contributed by atoms with Gasteiger partial charge in [-0.1, -0.05) is 36.4 Å². The maximum atomic E-state index is 13.0. The van der Waals surface area contributed by atoms with E-state index in [0.29, 0.717) is 40.7 Å². The Kier molecular flexibility index (Phi) is 7.29. The van der Waals surface area contributed by atoms with Crippen LogP contribution >= 0.6 is 0 Å². The van der Waals surface area contributed by atoms with Crippen molar-refractivity contribution in [2.75, 3.05) is 17.3 Å². The number of benzene rings is 2. The van der Waals surface area contributed by atoms with Gasteiger partial charge in [-0.3, -0.25) is 4.79 Å². The third-order valence-corrected chi connectivity index (χ3v) is 5.39. The van der Waals surface area contributed by atoms with Crippen LogP contribution in [0, 0.1) is 5.41 Å². The monoisotopic (exact) mass is 483 g/mol. The summed E-state index contributed by atoms with van der Waals surface area (Å²) < 4.78 is 7.23. The predicted octanol–water partition coefficient (Wildman–Crippen LogP) is 4.35. The van der Waals surface area contributed by atoms with Crippen molar-refractivity contribution >= 4 is 34.8 Å². The Morgan fingerprint density at radius 1 is 1.17 bits per heavy atom. The number of hydrogen-bond acceptors (Lipinski definition) is 7. The molecule has 4 aromatic rings. The fourth-order valence-corrected chi connectivity index (χ4v) is 3.73. The predicted molar refractivity (Wildman–Crippen MR) is 143 cm³/mol. The molecule has 9 nitrogen and oxygen atoms in total. The zero-order chi connectivity index (χ0) is 25.7. The molecule has 4 rings (SSSR count). The van der Waals surface area contributed by atoms with Crippen LogP contribution in [-0.4, -0.2) is 39.9 Å². The van der Waals surface area contributed by atoms with Crippen molar-refractivity contribution in [3.63, 3.8) is 0 Å². The first-order chi connectivity index (χ1) is 17.4. The molecule has 36 heavy (non-hydrogen) atoms. The molecule has 0 bridgehead atoms. The molecule has 9 heteroatoms. The average molecular weight is 484 g/mol. The minimum atomic E-state index is -0.388. The van der Waals surface area contributed by atoms with Gasteiger partial charge >= 0.3 is 0 Å². The van der Waals surface area contributed by atoms with Gasteiger partial charge in [0.2, 0.25) is 0 Å². The number of amides is 1. The molecule has 184 valence electrons. The molecule has 0 aliphatic heterocycles. The fourth-order valence-electron chi connectivity index (χ4n) is 3.73. The van der Waals surface area contributed by atoms with E-state index >= 15 is 0 Å². The van der Waals surface area contributed by atoms with Crippen molar-refractivity contribution in [3.05, 3.63) is 89.9 Å². The average Bonchev–Trinajstić information content (AvgIpc) is 3.30. The topological polar surface area (TPSA) is 122 Å². The number of carbonyl (C=O) groups is 1. The lowest BCUT2D eigenvalue weighted by Gasteiger charge is -2.19. The lowest BCUT2D eigenvalue weighted by atomic mass is 10.2. The molecule has 0 aliphatic rings. The van der Waals surface area contributed by atoms with Crippen molar-refractivity contribution < 1.29 is 9.53 Å². The first-order valence-corrected chi connectivity index (χ1v) is 11.5. The lowest BCUT2D eigenvalue weighted by Crippen LogP contribution is -2.19. The van der Waals surface area contributed by atoms with Gasteiger partial charge in [0.1, 0.15) is 11.6 Å². The van der Waals surface area contributed by atoms with E-state index in [2.05, 4.69) is 10.4 Å². The number of rotatable bonds is 9. The molecular formula is C27H29N7O2. The van der Waals surface area contributed by atoms with Crippen molar-refractivity contribution in [2.45, 2.75) is 26.5 Å². The number of ether oxygens (including phenoxy) is 1. The van der Waals surface area contributed by atoms with Crippen LogP contribution in [0.2, 0.25) is 0 Å². The SMILES string of the molecule is CC(C)Oc1cccc(NC(=O)c2cc3nc(N(C)Cc4ccccc4)cc(/C(C=N)=C/N)n3n2)c1. The summed E-state index contributed by atoms with van der Waals surface area (Å²) >= 11 is 0. The van der Waals surface area contributed by atoms with Crippen LogP contribution in [0.15, 0.2) is 72.9 Å². The van der Waals surface area contributed by atoms with E-state index in [1.807, 2.05) is 68.3 Å². The molecule has 2 aromatic heterocycles. The number of anilines is 2. The van der Waals surface area contributed by atoms with Crippen molar-refractivity contribution in [1.29, 1.82) is 5.41 Å². The van der Waals surface area contributed by atoms with E-state index in [1.165, 1.54) is 10.7 Å². The van der Waals surface area contributed by atoms with E-state index in [-0.39, 0.29) is 17.7 Å². The Morgan fingerprint density at radius 3 is 2.64 bits per heavy atom. The van der Waals surface area contributed by atoms with Gasteiger partial charge in [0.05, 0.1) is 11.8 Å². The lowest BCUT2D eigenvalue weighted by molar-refractivity contribution is 0.102. The molecular weight excluding hydrogens is 454 g/mol. The molecule has 1 amide bonds. The maximum absolute atomic E-state index is 13.0. The van der Waals surface area contributed by atoms with Crippen LogP contribution in [0.1, 0.15) is 35.6 Å². The van der Waals surface area contributed by atoms with Crippen LogP contribution < -0.4 is 20.7 Å². The number of allylic oxidation sites excluding steroid dienone is 1. The normalized spacial score (nSPS) is 11.5. The molecule has 0 spiro atoms. The summed E-state index contributed by atoms with van der Waals surface area (Å²) in [6.45, 7) is 4.51. The van der Waals surface area contributed by atoms with Gasteiger partial charge in [-0.05, 0) is 31.5 Å². The summed E-state index contributed by atoms with van der Waals surface area (Å²) in [7, 11) is 1.93. The van der Waals surface area contributed by atoms with Crippen LogP contribution in [0.25, 0.3) is 11.2 Å². The van der Waals surface area contributed by atoms with E-state index in [4.69, 9.17) is 20.9 Å². The number of carbonyl (C=O) groups excluding carboxylic acids is 1. The van der Waals surface area contributed by atoms with Gasteiger partial charge in [-0.2, -0.15) is 5.10 Å². The Balaban J connectivity index is 1.67. The molecule has 0 saturated heterocycles. The molecule has 0 saturated carbocycles. The highest BCUT2D eigenvalue weighted by Crippen LogP contribution is 2.23. The van der Waals surface area contributed by atoms with Gasteiger partial charge in [0, 0.05) is 55.5 Å². The van der Waals surface area contributed by atoms with E-state index in [1.54, 1.807) is 24.3 Å². The molecule has 0 unspecified atom stereocenters. The fraction of sp³-hybridized carbons (Fsp3) is 0.185. The quantitative estimate of drug-likeness (QED) is 0.304. The van der Waals surface area contributed by atoms with Crippen LogP contribution in [0.3, 0.4) is 0 Å². The molecule has 4 N–H and O–H groups in total. The second kappa shape index (κ2) is 10.7. The zero-order valence-electron chi connectivity index (χ0n) is 20.5. The molecule has 2 heterocycles. The van der Waals surface area contributed by atoms with Crippen molar-refractivity contribution in [1.82, 2.24) is 14.6 Å². The van der Waals surface area contributed by atoms with E-state index in [9.17, 15) is 4.79 Å². The van der Waals surface area contributed by atoms with Crippen LogP contribution in [-0.2, 0) is 6.54 Å². The summed E-state index contributed by atoms with van der Waals surface area (Å²) in [5.74, 6) is 0.935. The van der Waals surface area contributed by atoms with Gasteiger partial charge in [-0.25, -0.2) is 9.50 Å². The Bertz CT molecular complexity index is 1410. The molecule has 0 atom stereocenters. The maximum Gasteiger partial charge on any atom is 0.276 e. The van der Waals surface area contributed by atoms with Crippen molar-refractivity contribution in [3.8, 4) is 5.75 Å². The summed E-state index contributed by atoms with van der Waals surface area (Å²) in [6, 6.07) is 20.7. The van der Waals surface area contributed by atoms with Gasteiger partial charge < -0.3 is 26.1 Å². The number of nitrogens with one attached hydrogen (secondary N) is 2. The van der Waals surface area contributed by atoms with Gasteiger partial charge in [0.25, 0.3) is 5.91 Å². The number of aromatic nitrogens is 3. The zero-order valence-corrected chi connectivity index (χ0v) is 20.5. The minimum Gasteiger partial charge on any atom is -0.491 e. The van der Waals surface area contributed by atoms with Crippen molar-refractivity contribution in [2.24, 2.45) is 5.73 Å². The van der Waals surface area contributed by atoms with Gasteiger partial charge in [0.15, 0.2) is 11.3 Å². The van der Waals surface area contributed by atoms with Gasteiger partial charge in [-0.15, -0.1) is 0 Å². The Morgan fingerprint density at radius 2 is 1.94 bits per heavy atom. The first-order valence-electron chi connectivity index (χ1n) is 11.5. The first kappa shape index (κ1) is 24.5. The van der Waals surface area contributed by atoms with E-state index in [0.717, 1.165) is 11.8 Å². The molecule has 0 radical (unpaired) electrons. The van der Waals surface area contributed by atoms with Crippen LogP contribution in [0.4, 0.5) is 11.5 Å². The number of fused-ring (bicyclic) bond motifs is 1. The summed E-state index contributed by atoms with van der Waals surface area (Å²) in [5.41, 5.74) is 9.16. The Hall–Kier alpha value is -4.66. The second-order valence-electron chi connectivity index (χ2n) is 8.56. The van der Waals surface area contributed by atoms with Crippen LogP contribution in [0.5, 0.6) is 5.75 Å². The van der Waals surface area contributed by atoms with E-state index < -0.39 is 0 Å². The third-order valence-electron chi connectivity index (χ3n) is 5.39. The Labute approximate surface area is 209 Å². The molecule has 0 aliphatic carbocycles. The largest absolute Gasteiger partial charge is 0.491 e. The molecule has 0 fully saturated rings. The second-order valence-corrected chi connectivity index (χ2v) is 8.56. The molecule has 2 aromatic carbocycles. The smallest absolute Gasteiger partial charge is 0.276 e. The highest BCUT2D eigenvalue weighted by Gasteiger charge is 2.18. The standard InChI is InChI=1S/C27H29N7O2/c1-18(2)36-22-11-7-10-21(12-22)30-27(35)23-13-26-31-25(33(3)17-19-8-5-4-6-9-19)14-24(34(26)32-23)20(15-28)16-29/h4-16,18,28H,17,29H2,1-3H3,(H,30,35)/b20-16+,28-15?.